The van der Waals surface area contributed by atoms with Crippen LogP contribution in [0.1, 0.15) is 37.5 Å². The van der Waals surface area contributed by atoms with Crippen molar-refractivity contribution in [1.29, 1.82) is 0 Å². The number of tetrazole rings is 1. The third-order valence-corrected chi connectivity index (χ3v) is 4.19. The molecule has 0 radical (unpaired) electrons. The van der Waals surface area contributed by atoms with Gasteiger partial charge in [0.1, 0.15) is 11.4 Å². The first-order chi connectivity index (χ1) is 12.9. The van der Waals surface area contributed by atoms with Crippen molar-refractivity contribution in [1.82, 2.24) is 30.2 Å². The molecule has 1 N–H and O–H groups in total. The molecule has 0 fully saturated rings. The highest BCUT2D eigenvalue weighted by atomic mass is 16.6. The summed E-state index contributed by atoms with van der Waals surface area (Å²) in [5, 5.41) is 18.7. The summed E-state index contributed by atoms with van der Waals surface area (Å²) in [6.07, 6.45) is -0.280. The largest absolute Gasteiger partial charge is 0.444 e. The number of fused-ring (bicyclic) bond motifs is 2. The van der Waals surface area contributed by atoms with Crippen molar-refractivity contribution in [2.24, 2.45) is 0 Å². The van der Waals surface area contributed by atoms with Gasteiger partial charge in [0.05, 0.1) is 0 Å². The van der Waals surface area contributed by atoms with Crippen LogP contribution in [0.25, 0.3) is 5.65 Å². The maximum absolute atomic E-state index is 12.3. The van der Waals surface area contributed by atoms with Gasteiger partial charge in [0.15, 0.2) is 5.65 Å². The summed E-state index contributed by atoms with van der Waals surface area (Å²) in [4.78, 5) is 14.0. The zero-order valence-corrected chi connectivity index (χ0v) is 15.5. The van der Waals surface area contributed by atoms with Crippen molar-refractivity contribution in [3.63, 3.8) is 0 Å². The fourth-order valence-electron chi connectivity index (χ4n) is 2.95. The van der Waals surface area contributed by atoms with E-state index in [1.807, 2.05) is 26.8 Å². The highest BCUT2D eigenvalue weighted by Gasteiger charge is 2.27. The van der Waals surface area contributed by atoms with Gasteiger partial charge in [0, 0.05) is 19.6 Å². The highest BCUT2D eigenvalue weighted by Crippen LogP contribution is 2.26. The van der Waals surface area contributed by atoms with Crippen molar-refractivity contribution in [2.45, 2.75) is 46.0 Å². The number of amides is 1. The summed E-state index contributed by atoms with van der Waals surface area (Å²) in [5.41, 5.74) is 3.51. The van der Waals surface area contributed by atoms with Crippen LogP contribution >= 0.6 is 0 Å². The van der Waals surface area contributed by atoms with Crippen molar-refractivity contribution in [2.75, 3.05) is 5.32 Å². The van der Waals surface area contributed by atoms with E-state index >= 15 is 0 Å². The SMILES string of the molecule is CC(C)(C)OC(=O)N1Cc2ccc(CNc3ccc4nnnn4n3)cc2C1. The van der Waals surface area contributed by atoms with Crippen molar-refractivity contribution in [3.8, 4) is 0 Å². The lowest BCUT2D eigenvalue weighted by Gasteiger charge is -2.24. The zero-order chi connectivity index (χ0) is 19.0. The highest BCUT2D eigenvalue weighted by molar-refractivity contribution is 5.69. The maximum Gasteiger partial charge on any atom is 0.410 e. The Balaban J connectivity index is 1.41. The molecule has 1 aliphatic rings. The Labute approximate surface area is 156 Å². The van der Waals surface area contributed by atoms with E-state index in [1.54, 1.807) is 11.0 Å². The van der Waals surface area contributed by atoms with E-state index in [4.69, 9.17) is 4.74 Å². The molecule has 0 bridgehead atoms. The number of ether oxygens (including phenoxy) is 1. The summed E-state index contributed by atoms with van der Waals surface area (Å²) in [6, 6.07) is 9.87. The first-order valence-corrected chi connectivity index (χ1v) is 8.75. The molecule has 0 unspecified atom stereocenters. The Morgan fingerprint density at radius 3 is 2.81 bits per heavy atom. The third kappa shape index (κ3) is 3.81. The molecule has 0 saturated carbocycles. The summed E-state index contributed by atoms with van der Waals surface area (Å²) in [5.74, 6) is 0.686. The van der Waals surface area contributed by atoms with Crippen LogP contribution in [0.3, 0.4) is 0 Å². The third-order valence-electron chi connectivity index (χ3n) is 4.19. The van der Waals surface area contributed by atoms with Crippen molar-refractivity contribution >= 4 is 17.6 Å². The lowest BCUT2D eigenvalue weighted by atomic mass is 10.1. The summed E-state index contributed by atoms with van der Waals surface area (Å²) in [7, 11) is 0. The second-order valence-electron chi connectivity index (χ2n) is 7.54. The van der Waals surface area contributed by atoms with Crippen LogP contribution in [0.4, 0.5) is 10.6 Å². The number of hydrogen-bond donors (Lipinski definition) is 1. The number of aromatic nitrogens is 5. The smallest absolute Gasteiger partial charge is 0.410 e. The molecular formula is C18H21N7O2. The minimum atomic E-state index is -0.491. The normalized spacial score (nSPS) is 13.7. The Morgan fingerprint density at radius 1 is 1.19 bits per heavy atom. The molecule has 27 heavy (non-hydrogen) atoms. The molecule has 1 amide bonds. The molecule has 0 saturated heterocycles. The average Bonchev–Trinajstić information content (AvgIpc) is 3.24. The Hall–Kier alpha value is -3.23. The molecule has 0 aliphatic carbocycles. The molecule has 1 aliphatic heterocycles. The van der Waals surface area contributed by atoms with Gasteiger partial charge in [-0.1, -0.05) is 18.2 Å². The predicted octanol–water partition coefficient (Wildman–Crippen LogP) is 2.38. The Kier molecular flexibility index (Phi) is 4.14. The Bertz CT molecular complexity index is 993. The number of anilines is 1. The molecule has 9 heteroatoms. The molecule has 3 aromatic rings. The quantitative estimate of drug-likeness (QED) is 0.759. The fourth-order valence-corrected chi connectivity index (χ4v) is 2.95. The van der Waals surface area contributed by atoms with Gasteiger partial charge in [-0.15, -0.1) is 14.8 Å². The monoisotopic (exact) mass is 367 g/mol. The van der Waals surface area contributed by atoms with E-state index < -0.39 is 5.60 Å². The number of carbonyl (C=O) groups excluding carboxylic acids is 1. The topological polar surface area (TPSA) is 97.5 Å². The number of benzene rings is 1. The van der Waals surface area contributed by atoms with Crippen molar-refractivity contribution in [3.05, 3.63) is 47.0 Å². The molecule has 0 spiro atoms. The van der Waals surface area contributed by atoms with Crippen LogP contribution in [0.2, 0.25) is 0 Å². The molecule has 140 valence electrons. The van der Waals surface area contributed by atoms with Crippen LogP contribution in [0.15, 0.2) is 30.3 Å². The van der Waals surface area contributed by atoms with E-state index in [2.05, 4.69) is 44.1 Å². The summed E-state index contributed by atoms with van der Waals surface area (Å²) >= 11 is 0. The van der Waals surface area contributed by atoms with E-state index in [0.717, 1.165) is 16.7 Å². The number of rotatable bonds is 3. The number of nitrogens with one attached hydrogen (secondary N) is 1. The lowest BCUT2D eigenvalue weighted by Crippen LogP contribution is -2.33. The van der Waals surface area contributed by atoms with E-state index in [-0.39, 0.29) is 6.09 Å². The van der Waals surface area contributed by atoms with Crippen LogP contribution in [0.5, 0.6) is 0 Å². The minimum absolute atomic E-state index is 0.280. The number of hydrogen-bond acceptors (Lipinski definition) is 7. The van der Waals surface area contributed by atoms with Gasteiger partial charge in [0.25, 0.3) is 0 Å². The molecule has 2 aromatic heterocycles. The maximum atomic E-state index is 12.3. The number of nitrogens with zero attached hydrogens (tertiary/aromatic N) is 6. The molecular weight excluding hydrogens is 346 g/mol. The van der Waals surface area contributed by atoms with Gasteiger partial charge < -0.3 is 10.1 Å². The van der Waals surface area contributed by atoms with Gasteiger partial charge in [-0.3, -0.25) is 4.90 Å². The van der Waals surface area contributed by atoms with Crippen LogP contribution in [-0.4, -0.2) is 41.8 Å². The number of carbonyl (C=O) groups is 1. The fraction of sp³-hybridized carbons (Fsp3) is 0.389. The van der Waals surface area contributed by atoms with Gasteiger partial charge in [-0.2, -0.15) is 0 Å². The van der Waals surface area contributed by atoms with Crippen LogP contribution in [-0.2, 0) is 24.4 Å². The lowest BCUT2D eigenvalue weighted by molar-refractivity contribution is 0.0242. The molecule has 4 rings (SSSR count). The summed E-state index contributed by atoms with van der Waals surface area (Å²) < 4.78 is 6.84. The van der Waals surface area contributed by atoms with Crippen LogP contribution in [0, 0.1) is 0 Å². The second-order valence-corrected chi connectivity index (χ2v) is 7.54. The zero-order valence-electron chi connectivity index (χ0n) is 15.5. The first kappa shape index (κ1) is 17.2. The van der Waals surface area contributed by atoms with E-state index in [1.165, 1.54) is 4.63 Å². The molecule has 1 aromatic carbocycles. The van der Waals surface area contributed by atoms with E-state index in [0.29, 0.717) is 31.1 Å². The van der Waals surface area contributed by atoms with Gasteiger partial charge in [-0.05, 0) is 60.0 Å². The minimum Gasteiger partial charge on any atom is -0.444 e. The molecule has 9 nitrogen and oxygen atoms in total. The summed E-state index contributed by atoms with van der Waals surface area (Å²) in [6.45, 7) is 7.37. The predicted molar refractivity (Wildman–Crippen MR) is 97.8 cm³/mol. The van der Waals surface area contributed by atoms with Gasteiger partial charge in [0.2, 0.25) is 0 Å². The standard InChI is InChI=1S/C18H21N7O2/c1-18(2,3)27-17(26)24-10-13-5-4-12(8-14(13)11-24)9-19-15-6-7-16-20-22-23-25(16)21-15/h4-8H,9-11H2,1-3H3,(H,19,21). The van der Waals surface area contributed by atoms with Gasteiger partial charge in [-0.25, -0.2) is 4.79 Å². The molecule has 3 heterocycles. The second kappa shape index (κ2) is 6.49. The molecule has 0 atom stereocenters. The average molecular weight is 367 g/mol. The van der Waals surface area contributed by atoms with Crippen LogP contribution < -0.4 is 5.32 Å². The first-order valence-electron chi connectivity index (χ1n) is 8.75. The van der Waals surface area contributed by atoms with Crippen molar-refractivity contribution < 1.29 is 9.53 Å². The Morgan fingerprint density at radius 2 is 2.00 bits per heavy atom. The van der Waals surface area contributed by atoms with E-state index in [9.17, 15) is 4.79 Å². The van der Waals surface area contributed by atoms with Gasteiger partial charge >= 0.3 is 6.09 Å².